The van der Waals surface area contributed by atoms with Gasteiger partial charge in [-0.1, -0.05) is 29.8 Å². The summed E-state index contributed by atoms with van der Waals surface area (Å²) in [5.41, 5.74) is 2.05. The highest BCUT2D eigenvalue weighted by atomic mass is 19.4. The molecule has 0 bridgehead atoms. The number of fused-ring (bicyclic) bond motifs is 1. The minimum atomic E-state index is -4.53. The van der Waals surface area contributed by atoms with Crippen molar-refractivity contribution in [2.75, 3.05) is 24.9 Å². The highest BCUT2D eigenvalue weighted by Crippen LogP contribution is 2.44. The monoisotopic (exact) mass is 460 g/mol. The Bertz CT molecular complexity index is 1160. The SMILES string of the molecule is COc1ccc(NC(=O)c2cnn3c2NC(c2ccc(C)cc2)CC3C(F)(F)F)c(OC)c1. The van der Waals surface area contributed by atoms with Crippen LogP contribution in [0.25, 0.3) is 0 Å². The number of nitrogens with zero attached hydrogens (tertiary/aromatic N) is 2. The summed E-state index contributed by atoms with van der Waals surface area (Å²) >= 11 is 0. The van der Waals surface area contributed by atoms with Gasteiger partial charge in [0, 0.05) is 12.5 Å². The van der Waals surface area contributed by atoms with E-state index in [1.54, 1.807) is 30.3 Å². The maximum absolute atomic E-state index is 13.9. The highest BCUT2D eigenvalue weighted by molar-refractivity contribution is 6.08. The van der Waals surface area contributed by atoms with Crippen LogP contribution in [-0.2, 0) is 0 Å². The van der Waals surface area contributed by atoms with E-state index in [4.69, 9.17) is 9.47 Å². The van der Waals surface area contributed by atoms with Gasteiger partial charge < -0.3 is 20.1 Å². The second-order valence-corrected chi connectivity index (χ2v) is 7.77. The van der Waals surface area contributed by atoms with Gasteiger partial charge in [-0.3, -0.25) is 4.79 Å². The number of alkyl halides is 3. The van der Waals surface area contributed by atoms with Crippen molar-refractivity contribution >= 4 is 17.4 Å². The first-order chi connectivity index (χ1) is 15.7. The number of methoxy groups -OCH3 is 2. The Morgan fingerprint density at radius 3 is 2.52 bits per heavy atom. The molecule has 4 rings (SSSR count). The number of benzene rings is 2. The molecule has 2 heterocycles. The fourth-order valence-electron chi connectivity index (χ4n) is 3.84. The van der Waals surface area contributed by atoms with Crippen LogP contribution in [-0.4, -0.2) is 36.1 Å². The Morgan fingerprint density at radius 2 is 1.88 bits per heavy atom. The fraction of sp³-hybridized carbons (Fsp3) is 0.304. The minimum absolute atomic E-state index is 0.000988. The predicted octanol–water partition coefficient (Wildman–Crippen LogP) is 5.12. The van der Waals surface area contributed by atoms with Crippen LogP contribution >= 0.6 is 0 Å². The molecule has 0 fully saturated rings. The number of amides is 1. The number of anilines is 2. The molecule has 1 amide bonds. The molecular formula is C23H23F3N4O3. The average Bonchev–Trinajstić information content (AvgIpc) is 3.22. The first kappa shape index (κ1) is 22.5. The standard InChI is InChI=1S/C23H23F3N4O3/c1-13-4-6-14(7-5-13)18-11-20(23(24,25)26)30-21(28-18)16(12-27-30)22(31)29-17-9-8-15(32-2)10-19(17)33-3/h4-10,12,18,20,28H,11H2,1-3H3,(H,29,31). The Morgan fingerprint density at radius 1 is 1.15 bits per heavy atom. The van der Waals surface area contributed by atoms with E-state index in [9.17, 15) is 18.0 Å². The van der Waals surface area contributed by atoms with Crippen molar-refractivity contribution in [2.45, 2.75) is 31.6 Å². The summed E-state index contributed by atoms with van der Waals surface area (Å²) in [4.78, 5) is 13.0. The van der Waals surface area contributed by atoms with Crippen molar-refractivity contribution in [1.82, 2.24) is 9.78 Å². The van der Waals surface area contributed by atoms with Gasteiger partial charge >= 0.3 is 6.18 Å². The number of nitrogens with one attached hydrogen (secondary N) is 2. The van der Waals surface area contributed by atoms with E-state index in [1.807, 2.05) is 19.1 Å². The zero-order valence-electron chi connectivity index (χ0n) is 18.2. The number of carbonyl (C=O) groups excluding carboxylic acids is 1. The number of carbonyl (C=O) groups is 1. The summed E-state index contributed by atoms with van der Waals surface area (Å²) in [5.74, 6) is 0.280. The molecule has 174 valence electrons. The maximum Gasteiger partial charge on any atom is 0.410 e. The number of rotatable bonds is 5. The largest absolute Gasteiger partial charge is 0.497 e. The van der Waals surface area contributed by atoms with E-state index >= 15 is 0 Å². The summed E-state index contributed by atoms with van der Waals surface area (Å²) in [6.45, 7) is 1.90. The molecule has 2 atom stereocenters. The van der Waals surface area contributed by atoms with E-state index in [2.05, 4.69) is 15.7 Å². The zero-order valence-corrected chi connectivity index (χ0v) is 18.2. The van der Waals surface area contributed by atoms with Crippen molar-refractivity contribution in [3.05, 3.63) is 65.4 Å². The van der Waals surface area contributed by atoms with Crippen molar-refractivity contribution < 1.29 is 27.4 Å². The van der Waals surface area contributed by atoms with Crippen molar-refractivity contribution in [1.29, 1.82) is 0 Å². The first-order valence-electron chi connectivity index (χ1n) is 10.2. The molecule has 0 spiro atoms. The molecule has 0 radical (unpaired) electrons. The smallest absolute Gasteiger partial charge is 0.410 e. The Hall–Kier alpha value is -3.69. The van der Waals surface area contributed by atoms with Crippen LogP contribution in [0.1, 0.15) is 40.0 Å². The predicted molar refractivity (Wildman–Crippen MR) is 117 cm³/mol. The third-order valence-corrected chi connectivity index (χ3v) is 5.62. The minimum Gasteiger partial charge on any atom is -0.497 e. The molecule has 0 saturated carbocycles. The summed E-state index contributed by atoms with van der Waals surface area (Å²) in [6, 6.07) is 9.57. The van der Waals surface area contributed by atoms with Gasteiger partial charge in [0.05, 0.1) is 32.1 Å². The van der Waals surface area contributed by atoms with Crippen LogP contribution in [0.5, 0.6) is 11.5 Å². The fourth-order valence-corrected chi connectivity index (χ4v) is 3.84. The Labute approximate surface area is 188 Å². The molecule has 7 nitrogen and oxygen atoms in total. The van der Waals surface area contributed by atoms with E-state index in [-0.39, 0.29) is 17.8 Å². The Balaban J connectivity index is 1.68. The zero-order chi connectivity index (χ0) is 23.8. The normalized spacial score (nSPS) is 17.6. The molecule has 33 heavy (non-hydrogen) atoms. The van der Waals surface area contributed by atoms with Gasteiger partial charge in [-0.25, -0.2) is 4.68 Å². The van der Waals surface area contributed by atoms with Crippen LogP contribution in [0.4, 0.5) is 24.7 Å². The molecule has 1 aliphatic rings. The van der Waals surface area contributed by atoms with Gasteiger partial charge in [-0.2, -0.15) is 18.3 Å². The van der Waals surface area contributed by atoms with Crippen LogP contribution in [0, 0.1) is 6.92 Å². The summed E-state index contributed by atoms with van der Waals surface area (Å²) in [6.07, 6.45) is -3.63. The lowest BCUT2D eigenvalue weighted by Crippen LogP contribution is -2.36. The molecule has 1 aliphatic heterocycles. The quantitative estimate of drug-likeness (QED) is 0.553. The average molecular weight is 460 g/mol. The molecule has 2 unspecified atom stereocenters. The van der Waals surface area contributed by atoms with Crippen LogP contribution in [0.15, 0.2) is 48.7 Å². The second-order valence-electron chi connectivity index (χ2n) is 7.77. The first-order valence-corrected chi connectivity index (χ1v) is 10.2. The number of ether oxygens (including phenoxy) is 2. The highest BCUT2D eigenvalue weighted by Gasteiger charge is 2.47. The van der Waals surface area contributed by atoms with Gasteiger partial charge in [0.2, 0.25) is 0 Å². The van der Waals surface area contributed by atoms with Crippen LogP contribution in [0.2, 0.25) is 0 Å². The molecule has 2 N–H and O–H groups in total. The summed E-state index contributed by atoms with van der Waals surface area (Å²) < 4.78 is 52.9. The molecule has 0 saturated heterocycles. The number of aryl methyl sites for hydroxylation is 1. The van der Waals surface area contributed by atoms with Crippen molar-refractivity contribution in [2.24, 2.45) is 0 Å². The second kappa shape index (κ2) is 8.68. The van der Waals surface area contributed by atoms with Gasteiger partial charge in [-0.15, -0.1) is 0 Å². The third kappa shape index (κ3) is 4.46. The van der Waals surface area contributed by atoms with E-state index in [0.29, 0.717) is 22.7 Å². The van der Waals surface area contributed by atoms with Crippen molar-refractivity contribution in [3.8, 4) is 11.5 Å². The molecule has 1 aromatic heterocycles. The van der Waals surface area contributed by atoms with Crippen molar-refractivity contribution in [3.63, 3.8) is 0 Å². The number of aromatic nitrogens is 2. The molecule has 3 aromatic rings. The van der Waals surface area contributed by atoms with Gasteiger partial charge in [0.1, 0.15) is 22.9 Å². The van der Waals surface area contributed by atoms with E-state index < -0.39 is 24.2 Å². The van der Waals surface area contributed by atoms with E-state index in [0.717, 1.165) is 16.4 Å². The topological polar surface area (TPSA) is 77.4 Å². The summed E-state index contributed by atoms with van der Waals surface area (Å²) in [5, 5.41) is 9.67. The lowest BCUT2D eigenvalue weighted by molar-refractivity contribution is -0.173. The van der Waals surface area contributed by atoms with E-state index in [1.165, 1.54) is 14.2 Å². The lowest BCUT2D eigenvalue weighted by Gasteiger charge is -2.34. The number of hydrogen-bond acceptors (Lipinski definition) is 5. The summed E-state index contributed by atoms with van der Waals surface area (Å²) in [7, 11) is 2.94. The number of hydrogen-bond donors (Lipinski definition) is 2. The Kier molecular flexibility index (Phi) is 5.92. The molecule has 0 aliphatic carbocycles. The molecular weight excluding hydrogens is 437 g/mol. The van der Waals surface area contributed by atoms with Crippen LogP contribution < -0.4 is 20.1 Å². The third-order valence-electron chi connectivity index (χ3n) is 5.62. The van der Waals surface area contributed by atoms with Crippen LogP contribution in [0.3, 0.4) is 0 Å². The number of halogens is 3. The maximum atomic E-state index is 13.9. The van der Waals surface area contributed by atoms with Gasteiger partial charge in [-0.05, 0) is 24.6 Å². The molecule has 2 aromatic carbocycles. The van der Waals surface area contributed by atoms with Gasteiger partial charge in [0.15, 0.2) is 6.04 Å². The molecule has 10 heteroatoms. The lowest BCUT2D eigenvalue weighted by atomic mass is 9.96. The van der Waals surface area contributed by atoms with Gasteiger partial charge in [0.25, 0.3) is 5.91 Å².